The number of carboxylic acid groups (broad SMARTS) is 1. The van der Waals surface area contributed by atoms with Crippen LogP contribution in [0.25, 0.3) is 0 Å². The van der Waals surface area contributed by atoms with E-state index in [2.05, 4.69) is 43.0 Å². The van der Waals surface area contributed by atoms with Crippen LogP contribution in [0.3, 0.4) is 0 Å². The van der Waals surface area contributed by atoms with Gasteiger partial charge in [0.1, 0.15) is 6.04 Å². The van der Waals surface area contributed by atoms with Gasteiger partial charge in [0, 0.05) is 6.04 Å². The van der Waals surface area contributed by atoms with Crippen LogP contribution in [-0.2, 0) is 4.79 Å². The number of aryl methyl sites for hydroxylation is 1. The Morgan fingerprint density at radius 2 is 2.00 bits per heavy atom. The van der Waals surface area contributed by atoms with Gasteiger partial charge in [0.2, 0.25) is 0 Å². The highest BCUT2D eigenvalue weighted by Crippen LogP contribution is 2.30. The van der Waals surface area contributed by atoms with E-state index in [1.165, 1.54) is 11.1 Å². The maximum atomic E-state index is 11.6. The van der Waals surface area contributed by atoms with Gasteiger partial charge in [0.25, 0.3) is 0 Å². The molecule has 3 heteroatoms. The zero-order valence-corrected chi connectivity index (χ0v) is 12.5. The molecule has 1 aromatic carbocycles. The first-order valence-electron chi connectivity index (χ1n) is 7.68. The summed E-state index contributed by atoms with van der Waals surface area (Å²) in [6, 6.07) is 8.41. The fourth-order valence-electron chi connectivity index (χ4n) is 3.22. The standard InChI is InChI=1S/C17H25NO2/c1-3-15(14-10-8-13(2)9-11-14)18-12-6-4-5-7-16(18)17(19)20/h8-11,15-16H,3-7,12H2,1-2H3,(H,19,20). The highest BCUT2D eigenvalue weighted by atomic mass is 16.4. The number of nitrogens with zero attached hydrogens (tertiary/aromatic N) is 1. The van der Waals surface area contributed by atoms with Gasteiger partial charge in [-0.05, 0) is 38.3 Å². The van der Waals surface area contributed by atoms with E-state index in [4.69, 9.17) is 0 Å². The molecule has 2 atom stereocenters. The summed E-state index contributed by atoms with van der Waals surface area (Å²) in [5, 5.41) is 9.53. The van der Waals surface area contributed by atoms with Crippen molar-refractivity contribution in [2.24, 2.45) is 0 Å². The summed E-state index contributed by atoms with van der Waals surface area (Å²) in [7, 11) is 0. The maximum absolute atomic E-state index is 11.6. The molecular formula is C17H25NO2. The Kier molecular flexibility index (Phi) is 5.18. The third-order valence-corrected chi connectivity index (χ3v) is 4.33. The molecule has 0 saturated carbocycles. The molecule has 110 valence electrons. The van der Waals surface area contributed by atoms with Crippen molar-refractivity contribution in [3.05, 3.63) is 35.4 Å². The first kappa shape index (κ1) is 15.0. The molecule has 1 fully saturated rings. The van der Waals surface area contributed by atoms with Crippen molar-refractivity contribution >= 4 is 5.97 Å². The molecule has 0 bridgehead atoms. The molecule has 1 aliphatic heterocycles. The van der Waals surface area contributed by atoms with Gasteiger partial charge >= 0.3 is 5.97 Å². The fraction of sp³-hybridized carbons (Fsp3) is 0.588. The van der Waals surface area contributed by atoms with Crippen LogP contribution in [-0.4, -0.2) is 28.6 Å². The van der Waals surface area contributed by atoms with Crippen molar-refractivity contribution in [1.29, 1.82) is 0 Å². The van der Waals surface area contributed by atoms with Crippen molar-refractivity contribution in [2.75, 3.05) is 6.54 Å². The number of hydrogen-bond donors (Lipinski definition) is 1. The van der Waals surface area contributed by atoms with E-state index in [1.807, 2.05) is 0 Å². The van der Waals surface area contributed by atoms with E-state index < -0.39 is 5.97 Å². The molecule has 1 N–H and O–H groups in total. The average molecular weight is 275 g/mol. The summed E-state index contributed by atoms with van der Waals surface area (Å²) >= 11 is 0. The van der Waals surface area contributed by atoms with Crippen molar-refractivity contribution < 1.29 is 9.90 Å². The first-order chi connectivity index (χ1) is 9.63. The van der Waals surface area contributed by atoms with Gasteiger partial charge < -0.3 is 5.11 Å². The Balaban J connectivity index is 2.26. The second kappa shape index (κ2) is 6.89. The highest BCUT2D eigenvalue weighted by Gasteiger charge is 2.32. The minimum absolute atomic E-state index is 0.217. The number of carboxylic acids is 1. The van der Waals surface area contributed by atoms with E-state index in [0.717, 1.165) is 38.6 Å². The summed E-state index contributed by atoms with van der Waals surface area (Å²) in [6.07, 6.45) is 5.00. The monoisotopic (exact) mass is 275 g/mol. The summed E-state index contributed by atoms with van der Waals surface area (Å²) in [6.45, 7) is 5.12. The molecule has 1 aliphatic rings. The quantitative estimate of drug-likeness (QED) is 0.909. The lowest BCUT2D eigenvalue weighted by molar-refractivity contribution is -0.144. The van der Waals surface area contributed by atoms with Crippen LogP contribution in [0.4, 0.5) is 0 Å². The molecule has 1 saturated heterocycles. The van der Waals surface area contributed by atoms with E-state index in [9.17, 15) is 9.90 Å². The third kappa shape index (κ3) is 3.40. The third-order valence-electron chi connectivity index (χ3n) is 4.33. The Bertz CT molecular complexity index is 441. The number of benzene rings is 1. The van der Waals surface area contributed by atoms with E-state index in [0.29, 0.717) is 0 Å². The first-order valence-corrected chi connectivity index (χ1v) is 7.68. The minimum Gasteiger partial charge on any atom is -0.480 e. The molecule has 0 radical (unpaired) electrons. The van der Waals surface area contributed by atoms with Gasteiger partial charge in [-0.2, -0.15) is 0 Å². The van der Waals surface area contributed by atoms with Crippen LogP contribution in [0.2, 0.25) is 0 Å². The summed E-state index contributed by atoms with van der Waals surface area (Å²) in [4.78, 5) is 13.8. The summed E-state index contributed by atoms with van der Waals surface area (Å²) in [5.41, 5.74) is 2.49. The van der Waals surface area contributed by atoms with Crippen LogP contribution in [0, 0.1) is 6.92 Å². The molecule has 0 spiro atoms. The highest BCUT2D eigenvalue weighted by molar-refractivity contribution is 5.73. The van der Waals surface area contributed by atoms with Gasteiger partial charge in [0.15, 0.2) is 0 Å². The molecule has 1 heterocycles. The number of hydrogen-bond acceptors (Lipinski definition) is 2. The Hall–Kier alpha value is -1.35. The molecule has 0 aliphatic carbocycles. The molecular weight excluding hydrogens is 250 g/mol. The zero-order chi connectivity index (χ0) is 14.5. The predicted octanol–water partition coefficient (Wildman–Crippen LogP) is 3.78. The van der Waals surface area contributed by atoms with Gasteiger partial charge in [-0.3, -0.25) is 9.69 Å². The van der Waals surface area contributed by atoms with Crippen LogP contribution < -0.4 is 0 Å². The summed E-state index contributed by atoms with van der Waals surface area (Å²) < 4.78 is 0. The normalized spacial score (nSPS) is 22.2. The van der Waals surface area contributed by atoms with Crippen molar-refractivity contribution in [1.82, 2.24) is 4.90 Å². The number of rotatable bonds is 4. The second-order valence-electron chi connectivity index (χ2n) is 5.78. The van der Waals surface area contributed by atoms with E-state index in [-0.39, 0.29) is 12.1 Å². The Morgan fingerprint density at radius 3 is 2.60 bits per heavy atom. The van der Waals surface area contributed by atoms with Crippen LogP contribution in [0.15, 0.2) is 24.3 Å². The predicted molar refractivity (Wildman–Crippen MR) is 80.8 cm³/mol. The molecule has 3 nitrogen and oxygen atoms in total. The molecule has 0 aromatic heterocycles. The van der Waals surface area contributed by atoms with Crippen LogP contribution in [0.1, 0.15) is 56.2 Å². The van der Waals surface area contributed by atoms with Gasteiger partial charge in [-0.1, -0.05) is 49.6 Å². The van der Waals surface area contributed by atoms with Crippen molar-refractivity contribution in [2.45, 2.75) is 58.0 Å². The van der Waals surface area contributed by atoms with Gasteiger partial charge in [-0.25, -0.2) is 0 Å². The van der Waals surface area contributed by atoms with Gasteiger partial charge in [0.05, 0.1) is 0 Å². The Morgan fingerprint density at radius 1 is 1.30 bits per heavy atom. The topological polar surface area (TPSA) is 40.5 Å². The van der Waals surface area contributed by atoms with Crippen molar-refractivity contribution in [3.8, 4) is 0 Å². The second-order valence-corrected chi connectivity index (χ2v) is 5.78. The number of carbonyl (C=O) groups is 1. The minimum atomic E-state index is -0.669. The lowest BCUT2D eigenvalue weighted by Gasteiger charge is -2.34. The summed E-state index contributed by atoms with van der Waals surface area (Å²) in [5.74, 6) is -0.669. The zero-order valence-electron chi connectivity index (χ0n) is 12.5. The molecule has 2 rings (SSSR count). The van der Waals surface area contributed by atoms with Crippen LogP contribution in [0.5, 0.6) is 0 Å². The SMILES string of the molecule is CCC(c1ccc(C)cc1)N1CCCCCC1C(=O)O. The van der Waals surface area contributed by atoms with E-state index in [1.54, 1.807) is 0 Å². The average Bonchev–Trinajstić information content (AvgIpc) is 2.68. The molecule has 20 heavy (non-hydrogen) atoms. The molecule has 0 amide bonds. The number of likely N-dealkylation sites (tertiary alicyclic amines) is 1. The van der Waals surface area contributed by atoms with Crippen molar-refractivity contribution in [3.63, 3.8) is 0 Å². The van der Waals surface area contributed by atoms with Gasteiger partial charge in [-0.15, -0.1) is 0 Å². The smallest absolute Gasteiger partial charge is 0.320 e. The van der Waals surface area contributed by atoms with E-state index >= 15 is 0 Å². The fourth-order valence-corrected chi connectivity index (χ4v) is 3.22. The Labute approximate surface area is 121 Å². The lowest BCUT2D eigenvalue weighted by atomic mass is 9.99. The molecule has 1 aromatic rings. The van der Waals surface area contributed by atoms with Crippen LogP contribution >= 0.6 is 0 Å². The lowest BCUT2D eigenvalue weighted by Crippen LogP contribution is -2.43. The number of aliphatic carboxylic acids is 1. The molecule has 2 unspecified atom stereocenters. The largest absolute Gasteiger partial charge is 0.480 e. The maximum Gasteiger partial charge on any atom is 0.320 e.